The number of hydrogen-bond donors (Lipinski definition) is 4. The quantitative estimate of drug-likeness (QED) is 0.136. The first-order valence-electron chi connectivity index (χ1n) is 15.0. The van der Waals surface area contributed by atoms with Crippen molar-refractivity contribution in [2.45, 2.75) is 51.5 Å². The number of carbonyl (C=O) groups excluding carboxylic acids is 3. The lowest BCUT2D eigenvalue weighted by atomic mass is 9.90. The van der Waals surface area contributed by atoms with Crippen LogP contribution in [0.2, 0.25) is 0 Å². The molecule has 0 aliphatic rings. The topological polar surface area (TPSA) is 147 Å². The number of aliphatic carboxylic acids is 1. The molecule has 1 unspecified atom stereocenters. The van der Waals surface area contributed by atoms with Crippen molar-refractivity contribution in [3.05, 3.63) is 96.2 Å². The molecule has 0 saturated heterocycles. The van der Waals surface area contributed by atoms with Gasteiger partial charge >= 0.3 is 12.1 Å². The highest BCUT2D eigenvalue weighted by atomic mass is 16.6. The molecule has 1 heterocycles. The van der Waals surface area contributed by atoms with Crippen molar-refractivity contribution >= 4 is 34.8 Å². The first kappa shape index (κ1) is 32.7. The molecule has 10 nitrogen and oxygen atoms in total. The van der Waals surface area contributed by atoms with E-state index in [9.17, 15) is 19.2 Å². The van der Waals surface area contributed by atoms with Crippen LogP contribution in [0.25, 0.3) is 22.0 Å². The molecule has 3 amide bonds. The monoisotopic (exact) mass is 610 g/mol. The largest absolute Gasteiger partial charge is 0.481 e. The molecule has 4 aromatic rings. The van der Waals surface area contributed by atoms with Gasteiger partial charge in [-0.25, -0.2) is 4.79 Å². The van der Waals surface area contributed by atoms with Crippen molar-refractivity contribution in [1.29, 1.82) is 0 Å². The van der Waals surface area contributed by atoms with Crippen molar-refractivity contribution in [3.8, 4) is 16.9 Å². The number of nitrogens with zero attached hydrogens (tertiary/aromatic N) is 1. The first-order chi connectivity index (χ1) is 21.8. The number of ether oxygens (including phenoxy) is 1. The number of unbranched alkanes of at least 4 members (excludes halogenated alkanes) is 1. The van der Waals surface area contributed by atoms with E-state index < -0.39 is 24.0 Å². The van der Waals surface area contributed by atoms with E-state index >= 15 is 0 Å². The second-order valence-corrected chi connectivity index (χ2v) is 10.6. The number of benzene rings is 3. The molecule has 4 N–H and O–H groups in total. The Hall–Kier alpha value is -5.25. The van der Waals surface area contributed by atoms with Crippen LogP contribution >= 0.6 is 0 Å². The fourth-order valence-electron chi connectivity index (χ4n) is 5.05. The highest BCUT2D eigenvalue weighted by Crippen LogP contribution is 2.33. The van der Waals surface area contributed by atoms with E-state index in [1.807, 2.05) is 67.6 Å². The molecule has 45 heavy (non-hydrogen) atoms. The summed E-state index contributed by atoms with van der Waals surface area (Å²) in [5.41, 5.74) is 4.34. The number of rotatable bonds is 15. The number of fused-ring (bicyclic) bond motifs is 1. The van der Waals surface area contributed by atoms with Gasteiger partial charge in [0.25, 0.3) is 0 Å². The van der Waals surface area contributed by atoms with Gasteiger partial charge in [0.2, 0.25) is 11.8 Å². The van der Waals surface area contributed by atoms with E-state index in [1.165, 1.54) is 0 Å². The molecule has 0 saturated carbocycles. The maximum absolute atomic E-state index is 13.5. The summed E-state index contributed by atoms with van der Waals surface area (Å²) in [7, 11) is 0. The van der Waals surface area contributed by atoms with Gasteiger partial charge in [0.05, 0.1) is 5.52 Å². The van der Waals surface area contributed by atoms with Crippen molar-refractivity contribution < 1.29 is 29.0 Å². The summed E-state index contributed by atoms with van der Waals surface area (Å²) in [6.45, 7) is 2.60. The van der Waals surface area contributed by atoms with Crippen LogP contribution in [0, 0.1) is 6.92 Å². The van der Waals surface area contributed by atoms with Crippen molar-refractivity contribution in [3.63, 3.8) is 0 Å². The summed E-state index contributed by atoms with van der Waals surface area (Å²) < 4.78 is 5.21. The minimum Gasteiger partial charge on any atom is -0.481 e. The normalized spacial score (nSPS) is 11.4. The van der Waals surface area contributed by atoms with Gasteiger partial charge in [0.15, 0.2) is 0 Å². The average Bonchev–Trinajstić information content (AvgIpc) is 3.03. The lowest BCUT2D eigenvalue weighted by Gasteiger charge is -2.22. The highest BCUT2D eigenvalue weighted by Gasteiger charge is 2.25. The summed E-state index contributed by atoms with van der Waals surface area (Å²) in [5.74, 6) is -1.29. The third kappa shape index (κ3) is 9.89. The molecular weight excluding hydrogens is 572 g/mol. The molecule has 0 radical (unpaired) electrons. The Balaban J connectivity index is 1.44. The summed E-state index contributed by atoms with van der Waals surface area (Å²) in [6, 6.07) is 25.5. The molecule has 0 fully saturated rings. The molecule has 234 valence electrons. The predicted molar refractivity (Wildman–Crippen MR) is 172 cm³/mol. The van der Waals surface area contributed by atoms with Crippen LogP contribution < -0.4 is 20.7 Å². The standard InChI is InChI=1S/C35H38N4O6/c1-24-28(33(25-13-4-2-5-14-25)27-17-8-9-18-29(27)38-24)23-30(39-31(40)19-12-20-32(41)42)34(43)36-21-10-11-22-37-35(44)45-26-15-6-3-7-16-26/h2-9,13-18,30H,10-12,19-23H2,1H3,(H,36,43)(H,37,44)(H,39,40)(H,41,42). The van der Waals surface area contributed by atoms with Crippen LogP contribution in [-0.4, -0.2) is 53.1 Å². The van der Waals surface area contributed by atoms with E-state index in [4.69, 9.17) is 14.8 Å². The number of hydrogen-bond acceptors (Lipinski definition) is 6. The second kappa shape index (κ2) is 16.6. The number of carbonyl (C=O) groups is 4. The molecule has 0 bridgehead atoms. The fraction of sp³-hybridized carbons (Fsp3) is 0.286. The van der Waals surface area contributed by atoms with E-state index in [-0.39, 0.29) is 31.6 Å². The van der Waals surface area contributed by atoms with Gasteiger partial charge in [-0.3, -0.25) is 19.4 Å². The molecule has 0 spiro atoms. The molecule has 0 aliphatic heterocycles. The van der Waals surface area contributed by atoms with Crippen LogP contribution in [0.15, 0.2) is 84.9 Å². The Labute approximate surface area is 262 Å². The third-order valence-electron chi connectivity index (χ3n) is 7.24. The Morgan fingerprint density at radius 2 is 1.44 bits per heavy atom. The van der Waals surface area contributed by atoms with Gasteiger partial charge in [-0.05, 0) is 61.1 Å². The summed E-state index contributed by atoms with van der Waals surface area (Å²) >= 11 is 0. The van der Waals surface area contributed by atoms with Gasteiger partial charge < -0.3 is 25.8 Å². The van der Waals surface area contributed by atoms with Crippen LogP contribution in [0.1, 0.15) is 43.4 Å². The lowest BCUT2D eigenvalue weighted by molar-refractivity contribution is -0.137. The van der Waals surface area contributed by atoms with Gasteiger partial charge in [0.1, 0.15) is 11.8 Å². The number of aryl methyl sites for hydroxylation is 1. The predicted octanol–water partition coefficient (Wildman–Crippen LogP) is 5.18. The summed E-state index contributed by atoms with van der Waals surface area (Å²) in [4.78, 5) is 54.1. The molecule has 10 heteroatoms. The smallest absolute Gasteiger partial charge is 0.412 e. The molecule has 3 aromatic carbocycles. The fourth-order valence-corrected chi connectivity index (χ4v) is 5.05. The highest BCUT2D eigenvalue weighted by molar-refractivity contribution is 5.97. The van der Waals surface area contributed by atoms with E-state index in [0.29, 0.717) is 31.7 Å². The maximum Gasteiger partial charge on any atom is 0.412 e. The molecule has 4 rings (SSSR count). The van der Waals surface area contributed by atoms with E-state index in [1.54, 1.807) is 24.3 Å². The van der Waals surface area contributed by atoms with Gasteiger partial charge in [0, 0.05) is 43.4 Å². The Morgan fingerprint density at radius 3 is 2.16 bits per heavy atom. The minimum atomic E-state index is -0.981. The van der Waals surface area contributed by atoms with E-state index in [0.717, 1.165) is 33.3 Å². The van der Waals surface area contributed by atoms with Crippen molar-refractivity contribution in [2.24, 2.45) is 0 Å². The number of aromatic nitrogens is 1. The van der Waals surface area contributed by atoms with Crippen molar-refractivity contribution in [1.82, 2.24) is 20.9 Å². The number of nitrogens with one attached hydrogen (secondary N) is 3. The maximum atomic E-state index is 13.5. The van der Waals surface area contributed by atoms with Crippen LogP contribution in [-0.2, 0) is 20.8 Å². The molecular formula is C35H38N4O6. The minimum absolute atomic E-state index is 0.0126. The number of para-hydroxylation sites is 2. The van der Waals surface area contributed by atoms with Gasteiger partial charge in [-0.15, -0.1) is 0 Å². The molecule has 1 aromatic heterocycles. The molecule has 1 atom stereocenters. The summed E-state index contributed by atoms with van der Waals surface area (Å²) in [5, 5.41) is 18.4. The zero-order valence-corrected chi connectivity index (χ0v) is 25.3. The van der Waals surface area contributed by atoms with Crippen LogP contribution in [0.3, 0.4) is 0 Å². The van der Waals surface area contributed by atoms with Gasteiger partial charge in [-0.1, -0.05) is 66.7 Å². The van der Waals surface area contributed by atoms with Crippen LogP contribution in [0.5, 0.6) is 5.75 Å². The number of amides is 3. The number of carboxylic acid groups (broad SMARTS) is 1. The lowest BCUT2D eigenvalue weighted by Crippen LogP contribution is -2.48. The first-order valence-corrected chi connectivity index (χ1v) is 15.0. The van der Waals surface area contributed by atoms with Crippen molar-refractivity contribution in [2.75, 3.05) is 13.1 Å². The third-order valence-corrected chi connectivity index (χ3v) is 7.24. The number of carboxylic acids is 1. The van der Waals surface area contributed by atoms with E-state index in [2.05, 4.69) is 16.0 Å². The second-order valence-electron chi connectivity index (χ2n) is 10.6. The van der Waals surface area contributed by atoms with Crippen LogP contribution in [0.4, 0.5) is 4.79 Å². The zero-order valence-electron chi connectivity index (χ0n) is 25.3. The SMILES string of the molecule is Cc1nc2ccccc2c(-c2ccccc2)c1CC(NC(=O)CCCC(=O)O)C(=O)NCCCCNC(=O)Oc1ccccc1. The Kier molecular flexibility index (Phi) is 12.0. The Morgan fingerprint density at radius 1 is 0.800 bits per heavy atom. The number of pyridine rings is 1. The summed E-state index contributed by atoms with van der Waals surface area (Å²) in [6.07, 6.45) is 0.845. The average molecular weight is 611 g/mol. The molecule has 0 aliphatic carbocycles. The van der Waals surface area contributed by atoms with Gasteiger partial charge in [-0.2, -0.15) is 0 Å². The zero-order chi connectivity index (χ0) is 32.0. The Bertz CT molecular complexity index is 1610.